The Morgan fingerprint density at radius 2 is 2.05 bits per heavy atom. The van der Waals surface area contributed by atoms with Gasteiger partial charge in [-0.25, -0.2) is 0 Å². The van der Waals surface area contributed by atoms with Gasteiger partial charge in [0.15, 0.2) is 0 Å². The minimum Gasteiger partial charge on any atom is -0.459 e. The summed E-state index contributed by atoms with van der Waals surface area (Å²) in [5.74, 6) is 0.869. The van der Waals surface area contributed by atoms with Gasteiger partial charge in [0.05, 0.1) is 5.69 Å². The summed E-state index contributed by atoms with van der Waals surface area (Å²) in [7, 11) is 0. The van der Waals surface area contributed by atoms with E-state index in [1.54, 1.807) is 6.20 Å². The van der Waals surface area contributed by atoms with Gasteiger partial charge in [-0.2, -0.15) is 0 Å². The number of rotatable bonds is 4. The van der Waals surface area contributed by atoms with Crippen LogP contribution in [0.15, 0.2) is 56.0 Å². The Kier molecular flexibility index (Phi) is 4.42. The number of hydrogen-bond donors (Lipinski definition) is 1. The van der Waals surface area contributed by atoms with Crippen LogP contribution < -0.4 is 5.32 Å². The molecule has 1 aromatic carbocycles. The first-order valence-corrected chi connectivity index (χ1v) is 8.30. The Labute approximate surface area is 140 Å². The average molecular weight is 410 g/mol. The molecule has 1 unspecified atom stereocenters. The Morgan fingerprint density at radius 3 is 2.76 bits per heavy atom. The van der Waals surface area contributed by atoms with Gasteiger partial charge < -0.3 is 9.73 Å². The summed E-state index contributed by atoms with van der Waals surface area (Å²) in [6, 6.07) is 12.0. The summed E-state index contributed by atoms with van der Waals surface area (Å²) in [6.45, 7) is 2.90. The fraction of sp³-hybridized carbons (Fsp3) is 0.188. The van der Waals surface area contributed by atoms with Gasteiger partial charge >= 0.3 is 0 Å². The number of aromatic nitrogens is 1. The Hall–Kier alpha value is -1.17. The largest absolute Gasteiger partial charge is 0.459 e. The smallest absolute Gasteiger partial charge is 0.134 e. The standard InChI is InChI=1S/C16H14Br2N2O/c1-2-19-16(15-12(18)8-11(17)9-20-15)14-7-10-5-3-4-6-13(10)21-14/h3-9,16,19H,2H2,1H3. The molecule has 0 saturated heterocycles. The maximum absolute atomic E-state index is 5.99. The average Bonchev–Trinajstić information content (AvgIpc) is 2.89. The summed E-state index contributed by atoms with van der Waals surface area (Å²) in [5.41, 5.74) is 1.81. The van der Waals surface area contributed by atoms with Crippen molar-refractivity contribution in [3.8, 4) is 0 Å². The van der Waals surface area contributed by atoms with E-state index in [1.165, 1.54) is 0 Å². The molecule has 0 aliphatic heterocycles. The summed E-state index contributed by atoms with van der Waals surface area (Å²) in [6.07, 6.45) is 1.80. The van der Waals surface area contributed by atoms with E-state index < -0.39 is 0 Å². The van der Waals surface area contributed by atoms with Gasteiger partial charge in [0.25, 0.3) is 0 Å². The maximum atomic E-state index is 5.99. The van der Waals surface area contributed by atoms with Crippen molar-refractivity contribution in [1.29, 1.82) is 0 Å². The number of nitrogens with zero attached hydrogens (tertiary/aromatic N) is 1. The van der Waals surface area contributed by atoms with E-state index in [0.717, 1.165) is 37.9 Å². The lowest BCUT2D eigenvalue weighted by Gasteiger charge is -2.16. The molecule has 1 N–H and O–H groups in total. The van der Waals surface area contributed by atoms with Crippen LogP contribution in [0, 0.1) is 0 Å². The van der Waals surface area contributed by atoms with Crippen molar-refractivity contribution in [2.45, 2.75) is 13.0 Å². The van der Waals surface area contributed by atoms with Gasteiger partial charge in [-0.15, -0.1) is 0 Å². The van der Waals surface area contributed by atoms with Crippen LogP contribution in [0.25, 0.3) is 11.0 Å². The molecule has 0 radical (unpaired) electrons. The Bertz CT molecular complexity index is 737. The van der Waals surface area contributed by atoms with Gasteiger partial charge in [-0.3, -0.25) is 4.98 Å². The minimum absolute atomic E-state index is 0.0788. The predicted octanol–water partition coefficient (Wildman–Crippen LogP) is 5.05. The number of pyridine rings is 1. The van der Waals surface area contributed by atoms with E-state index in [4.69, 9.17) is 4.42 Å². The third-order valence-electron chi connectivity index (χ3n) is 3.25. The fourth-order valence-electron chi connectivity index (χ4n) is 2.32. The second-order valence-corrected chi connectivity index (χ2v) is 6.47. The highest BCUT2D eigenvalue weighted by atomic mass is 79.9. The molecule has 0 bridgehead atoms. The van der Waals surface area contributed by atoms with Crippen LogP contribution in [0.5, 0.6) is 0 Å². The zero-order valence-corrected chi connectivity index (χ0v) is 14.6. The number of benzene rings is 1. The topological polar surface area (TPSA) is 38.1 Å². The zero-order chi connectivity index (χ0) is 14.8. The number of fused-ring (bicyclic) bond motifs is 1. The van der Waals surface area contributed by atoms with E-state index in [9.17, 15) is 0 Å². The van der Waals surface area contributed by atoms with Crippen molar-refractivity contribution >= 4 is 42.8 Å². The third-order valence-corrected chi connectivity index (χ3v) is 4.32. The van der Waals surface area contributed by atoms with Crippen LogP contribution >= 0.6 is 31.9 Å². The van der Waals surface area contributed by atoms with Crippen LogP contribution in [0.2, 0.25) is 0 Å². The lowest BCUT2D eigenvalue weighted by atomic mass is 10.1. The van der Waals surface area contributed by atoms with E-state index in [2.05, 4.69) is 61.2 Å². The lowest BCUT2D eigenvalue weighted by Crippen LogP contribution is -2.22. The molecule has 3 nitrogen and oxygen atoms in total. The molecule has 108 valence electrons. The number of para-hydroxylation sites is 1. The molecule has 2 heterocycles. The van der Waals surface area contributed by atoms with Crippen LogP contribution in [0.4, 0.5) is 0 Å². The molecule has 0 saturated carbocycles. The molecule has 21 heavy (non-hydrogen) atoms. The second kappa shape index (κ2) is 6.30. The van der Waals surface area contributed by atoms with Crippen LogP contribution in [-0.4, -0.2) is 11.5 Å². The number of halogens is 2. The van der Waals surface area contributed by atoms with Gasteiger partial charge in [-0.05, 0) is 56.6 Å². The van der Waals surface area contributed by atoms with Crippen LogP contribution in [0.1, 0.15) is 24.4 Å². The highest BCUT2D eigenvalue weighted by Gasteiger charge is 2.21. The minimum atomic E-state index is -0.0788. The first kappa shape index (κ1) is 14.8. The normalized spacial score (nSPS) is 12.7. The van der Waals surface area contributed by atoms with E-state index in [0.29, 0.717) is 0 Å². The highest BCUT2D eigenvalue weighted by molar-refractivity contribution is 9.11. The van der Waals surface area contributed by atoms with Crippen molar-refractivity contribution in [3.05, 3.63) is 63.0 Å². The molecule has 3 rings (SSSR count). The predicted molar refractivity (Wildman–Crippen MR) is 91.4 cm³/mol. The van der Waals surface area contributed by atoms with Crippen molar-refractivity contribution in [3.63, 3.8) is 0 Å². The molecule has 0 aliphatic rings. The summed E-state index contributed by atoms with van der Waals surface area (Å²) in [4.78, 5) is 4.53. The maximum Gasteiger partial charge on any atom is 0.134 e. The first-order valence-electron chi connectivity index (χ1n) is 6.72. The highest BCUT2D eigenvalue weighted by Crippen LogP contribution is 2.32. The summed E-state index contributed by atoms with van der Waals surface area (Å²) in [5, 5.41) is 4.54. The van der Waals surface area contributed by atoms with Crippen molar-refractivity contribution in [2.75, 3.05) is 6.54 Å². The first-order chi connectivity index (χ1) is 10.2. The quantitative estimate of drug-likeness (QED) is 0.654. The SMILES string of the molecule is CCNC(c1cc2ccccc2o1)c1ncc(Br)cc1Br. The molecule has 0 spiro atoms. The molecule has 0 fully saturated rings. The number of nitrogens with one attached hydrogen (secondary N) is 1. The molecular formula is C16H14Br2N2O. The van der Waals surface area contributed by atoms with Crippen LogP contribution in [-0.2, 0) is 0 Å². The Morgan fingerprint density at radius 1 is 1.24 bits per heavy atom. The van der Waals surface area contributed by atoms with Gasteiger partial charge in [0.2, 0.25) is 0 Å². The van der Waals surface area contributed by atoms with Crippen molar-refractivity contribution < 1.29 is 4.42 Å². The molecule has 2 aromatic heterocycles. The molecule has 0 amide bonds. The summed E-state index contributed by atoms with van der Waals surface area (Å²) >= 11 is 7.02. The molecule has 5 heteroatoms. The molecular weight excluding hydrogens is 396 g/mol. The van der Waals surface area contributed by atoms with E-state index in [1.807, 2.05) is 24.3 Å². The zero-order valence-electron chi connectivity index (χ0n) is 11.4. The monoisotopic (exact) mass is 408 g/mol. The second-order valence-electron chi connectivity index (χ2n) is 4.70. The van der Waals surface area contributed by atoms with Crippen molar-refractivity contribution in [2.24, 2.45) is 0 Å². The fourth-order valence-corrected chi connectivity index (χ4v) is 3.53. The summed E-state index contributed by atoms with van der Waals surface area (Å²) < 4.78 is 7.88. The number of hydrogen-bond acceptors (Lipinski definition) is 3. The van der Waals surface area contributed by atoms with Crippen molar-refractivity contribution in [1.82, 2.24) is 10.3 Å². The lowest BCUT2D eigenvalue weighted by molar-refractivity contribution is 0.470. The number of furan rings is 1. The van der Waals surface area contributed by atoms with E-state index >= 15 is 0 Å². The third kappa shape index (κ3) is 3.05. The van der Waals surface area contributed by atoms with Gasteiger partial charge in [0.1, 0.15) is 17.4 Å². The Balaban J connectivity index is 2.08. The molecule has 3 aromatic rings. The van der Waals surface area contributed by atoms with E-state index in [-0.39, 0.29) is 6.04 Å². The van der Waals surface area contributed by atoms with Crippen LogP contribution in [0.3, 0.4) is 0 Å². The molecule has 1 atom stereocenters. The van der Waals surface area contributed by atoms with Gasteiger partial charge in [-0.1, -0.05) is 25.1 Å². The molecule has 0 aliphatic carbocycles. The van der Waals surface area contributed by atoms with Gasteiger partial charge in [0, 0.05) is 20.5 Å².